The lowest BCUT2D eigenvalue weighted by Gasteiger charge is -2.18. The second-order valence-electron chi connectivity index (χ2n) is 6.40. The molecule has 1 amide bonds. The highest BCUT2D eigenvalue weighted by molar-refractivity contribution is 5.80. The summed E-state index contributed by atoms with van der Waals surface area (Å²) in [6.45, 7) is 6.82. The Morgan fingerprint density at radius 2 is 2.20 bits per heavy atom. The van der Waals surface area contributed by atoms with Crippen molar-refractivity contribution < 1.29 is 4.79 Å². The number of hydrogen-bond donors (Lipinski definition) is 2. The molecular formula is C18H30N6O. The van der Waals surface area contributed by atoms with E-state index in [1.54, 1.807) is 0 Å². The molecule has 7 nitrogen and oxygen atoms in total. The number of likely N-dealkylation sites (tertiary alicyclic amines) is 1. The summed E-state index contributed by atoms with van der Waals surface area (Å²) in [4.78, 5) is 24.9. The largest absolute Gasteiger partial charge is 0.363 e. The normalized spacial score (nSPS) is 17.5. The van der Waals surface area contributed by atoms with Crippen molar-refractivity contribution in [2.75, 3.05) is 38.6 Å². The van der Waals surface area contributed by atoms with Crippen molar-refractivity contribution in [1.29, 1.82) is 0 Å². The first kappa shape index (κ1) is 19.0. The number of aliphatic imine (C=N–C) groups is 1. The van der Waals surface area contributed by atoms with Gasteiger partial charge >= 0.3 is 0 Å². The zero-order valence-corrected chi connectivity index (χ0v) is 15.7. The first-order valence-electron chi connectivity index (χ1n) is 8.99. The highest BCUT2D eigenvalue weighted by atomic mass is 16.2. The maximum absolute atomic E-state index is 11.8. The molecule has 0 spiro atoms. The van der Waals surface area contributed by atoms with Crippen LogP contribution in [-0.2, 0) is 11.3 Å². The summed E-state index contributed by atoms with van der Waals surface area (Å²) in [5.41, 5.74) is 0.928. The fourth-order valence-corrected chi connectivity index (χ4v) is 2.81. The predicted molar refractivity (Wildman–Crippen MR) is 102 cm³/mol. The van der Waals surface area contributed by atoms with Gasteiger partial charge in [0.1, 0.15) is 5.82 Å². The summed E-state index contributed by atoms with van der Waals surface area (Å²) in [6, 6.07) is 6.21. The van der Waals surface area contributed by atoms with Gasteiger partial charge in [-0.25, -0.2) is 9.98 Å². The Bertz CT molecular complexity index is 601. The zero-order chi connectivity index (χ0) is 18.2. The van der Waals surface area contributed by atoms with Gasteiger partial charge in [-0.1, -0.05) is 13.0 Å². The van der Waals surface area contributed by atoms with E-state index in [1.165, 1.54) is 0 Å². The lowest BCUT2D eigenvalue weighted by atomic mass is 10.3. The van der Waals surface area contributed by atoms with E-state index in [0.29, 0.717) is 13.0 Å². The molecule has 138 valence electrons. The number of carbonyl (C=O) groups excluding carboxylic acids is 1. The molecule has 0 saturated carbocycles. The van der Waals surface area contributed by atoms with Crippen molar-refractivity contribution in [1.82, 2.24) is 20.5 Å². The van der Waals surface area contributed by atoms with Crippen molar-refractivity contribution >= 4 is 17.7 Å². The number of nitrogens with one attached hydrogen (secondary N) is 2. The lowest BCUT2D eigenvalue weighted by molar-refractivity contribution is -0.129. The van der Waals surface area contributed by atoms with Crippen LogP contribution in [0.2, 0.25) is 0 Å². The van der Waals surface area contributed by atoms with Gasteiger partial charge in [0, 0.05) is 46.2 Å². The molecule has 2 rings (SSSR count). The van der Waals surface area contributed by atoms with Gasteiger partial charge in [0.25, 0.3) is 0 Å². The van der Waals surface area contributed by atoms with Crippen molar-refractivity contribution in [3.63, 3.8) is 0 Å². The molecule has 2 heterocycles. The maximum Gasteiger partial charge on any atom is 0.222 e. The van der Waals surface area contributed by atoms with Crippen LogP contribution in [0.1, 0.15) is 32.4 Å². The predicted octanol–water partition coefficient (Wildman–Crippen LogP) is 1.21. The first-order chi connectivity index (χ1) is 12.0. The molecule has 0 aromatic carbocycles. The average molecular weight is 346 g/mol. The quantitative estimate of drug-likeness (QED) is 0.598. The van der Waals surface area contributed by atoms with Crippen LogP contribution in [0, 0.1) is 0 Å². The number of aromatic nitrogens is 1. The topological polar surface area (TPSA) is 72.9 Å². The minimum absolute atomic E-state index is 0.218. The Labute approximate surface area is 150 Å². The average Bonchev–Trinajstić information content (AvgIpc) is 3.08. The van der Waals surface area contributed by atoms with E-state index in [9.17, 15) is 4.79 Å². The molecule has 1 aromatic rings. The number of carbonyl (C=O) groups is 1. The van der Waals surface area contributed by atoms with Crippen LogP contribution in [0.25, 0.3) is 0 Å². The summed E-state index contributed by atoms with van der Waals surface area (Å²) in [6.07, 6.45) is 1.51. The van der Waals surface area contributed by atoms with E-state index in [-0.39, 0.29) is 11.9 Å². The molecule has 7 heteroatoms. The fraction of sp³-hybridized carbons (Fsp3) is 0.611. The van der Waals surface area contributed by atoms with Gasteiger partial charge in [-0.2, -0.15) is 0 Å². The Kier molecular flexibility index (Phi) is 7.03. The molecule has 2 N–H and O–H groups in total. The Balaban J connectivity index is 1.97. The van der Waals surface area contributed by atoms with Gasteiger partial charge in [0.15, 0.2) is 5.96 Å². The van der Waals surface area contributed by atoms with Gasteiger partial charge in [-0.05, 0) is 25.5 Å². The summed E-state index contributed by atoms with van der Waals surface area (Å²) in [5, 5.41) is 6.71. The van der Waals surface area contributed by atoms with Gasteiger partial charge in [0.2, 0.25) is 5.91 Å². The van der Waals surface area contributed by atoms with Crippen LogP contribution in [0.3, 0.4) is 0 Å². The fourth-order valence-electron chi connectivity index (χ4n) is 2.81. The van der Waals surface area contributed by atoms with E-state index in [0.717, 1.165) is 43.5 Å². The van der Waals surface area contributed by atoms with Crippen LogP contribution in [0.15, 0.2) is 23.2 Å². The Morgan fingerprint density at radius 1 is 1.40 bits per heavy atom. The number of hydrogen-bond acceptors (Lipinski definition) is 4. The second kappa shape index (κ2) is 9.25. The SMILES string of the molecule is CCNC(=NCc1cccc(N(C)C)n1)NC1CCN(C(=O)CC)C1. The first-order valence-corrected chi connectivity index (χ1v) is 8.99. The van der Waals surface area contributed by atoms with Gasteiger partial charge in [0.05, 0.1) is 12.2 Å². The van der Waals surface area contributed by atoms with Gasteiger partial charge in [-0.15, -0.1) is 0 Å². The molecular weight excluding hydrogens is 316 g/mol. The van der Waals surface area contributed by atoms with Gasteiger partial charge in [-0.3, -0.25) is 4.79 Å². The minimum Gasteiger partial charge on any atom is -0.363 e. The molecule has 25 heavy (non-hydrogen) atoms. The van der Waals surface area contributed by atoms with E-state index in [2.05, 4.69) is 20.6 Å². The highest BCUT2D eigenvalue weighted by Gasteiger charge is 2.25. The van der Waals surface area contributed by atoms with Crippen molar-refractivity contribution in [2.24, 2.45) is 4.99 Å². The number of pyridine rings is 1. The van der Waals surface area contributed by atoms with E-state index in [1.807, 2.05) is 55.9 Å². The molecule has 0 aliphatic carbocycles. The van der Waals surface area contributed by atoms with E-state index < -0.39 is 0 Å². The van der Waals surface area contributed by atoms with Crippen LogP contribution < -0.4 is 15.5 Å². The standard InChI is InChI=1S/C18H30N6O/c1-5-17(25)24-11-10-15(13-24)22-18(19-6-2)20-12-14-8-7-9-16(21-14)23(3)4/h7-9,15H,5-6,10-13H2,1-4H3,(H2,19,20,22). The third-order valence-electron chi connectivity index (χ3n) is 4.18. The molecule has 1 saturated heterocycles. The van der Waals surface area contributed by atoms with Crippen molar-refractivity contribution in [3.8, 4) is 0 Å². The van der Waals surface area contributed by atoms with Crippen LogP contribution in [0.5, 0.6) is 0 Å². The summed E-state index contributed by atoms with van der Waals surface area (Å²) in [5.74, 6) is 1.92. The van der Waals surface area contributed by atoms with Crippen LogP contribution >= 0.6 is 0 Å². The molecule has 1 atom stereocenters. The summed E-state index contributed by atoms with van der Waals surface area (Å²) >= 11 is 0. The summed E-state index contributed by atoms with van der Waals surface area (Å²) < 4.78 is 0. The third kappa shape index (κ3) is 5.62. The molecule has 1 aromatic heterocycles. The minimum atomic E-state index is 0.218. The number of amides is 1. The van der Waals surface area contributed by atoms with Crippen molar-refractivity contribution in [2.45, 2.75) is 39.3 Å². The third-order valence-corrected chi connectivity index (χ3v) is 4.18. The molecule has 0 radical (unpaired) electrons. The smallest absolute Gasteiger partial charge is 0.222 e. The number of guanidine groups is 1. The highest BCUT2D eigenvalue weighted by Crippen LogP contribution is 2.11. The number of nitrogens with zero attached hydrogens (tertiary/aromatic N) is 4. The van der Waals surface area contributed by atoms with Crippen molar-refractivity contribution in [3.05, 3.63) is 23.9 Å². The monoisotopic (exact) mass is 346 g/mol. The molecule has 1 fully saturated rings. The molecule has 1 aliphatic rings. The maximum atomic E-state index is 11.8. The second-order valence-corrected chi connectivity index (χ2v) is 6.40. The molecule has 1 aliphatic heterocycles. The molecule has 1 unspecified atom stereocenters. The number of rotatable bonds is 6. The Hall–Kier alpha value is -2.31. The van der Waals surface area contributed by atoms with E-state index >= 15 is 0 Å². The van der Waals surface area contributed by atoms with Crippen LogP contribution in [-0.4, -0.2) is 61.5 Å². The zero-order valence-electron chi connectivity index (χ0n) is 15.7. The van der Waals surface area contributed by atoms with E-state index in [4.69, 9.17) is 0 Å². The summed E-state index contributed by atoms with van der Waals surface area (Å²) in [7, 11) is 3.95. The van der Waals surface area contributed by atoms with Crippen LogP contribution in [0.4, 0.5) is 5.82 Å². The lowest BCUT2D eigenvalue weighted by Crippen LogP contribution is -2.45. The number of anilines is 1. The molecule has 0 bridgehead atoms. The van der Waals surface area contributed by atoms with Gasteiger partial charge < -0.3 is 20.4 Å². The Morgan fingerprint density at radius 3 is 2.88 bits per heavy atom.